The Bertz CT molecular complexity index is 528. The van der Waals surface area contributed by atoms with Crippen molar-refractivity contribution in [3.05, 3.63) is 48.2 Å². The molecule has 1 aromatic carbocycles. The monoisotopic (exact) mass is 391 g/mol. The predicted octanol–water partition coefficient (Wildman–Crippen LogP) is 3.88. The fourth-order valence-corrected chi connectivity index (χ4v) is 1.79. The number of rotatable bonds is 3. The first-order valence-corrected chi connectivity index (χ1v) is 6.29. The quantitative estimate of drug-likeness (QED) is 0.624. The Kier molecular flexibility index (Phi) is 6.76. The van der Waals surface area contributed by atoms with Crippen LogP contribution >= 0.6 is 11.6 Å². The first-order chi connectivity index (χ1) is 9.35. The van der Waals surface area contributed by atoms with Gasteiger partial charge in [0.2, 0.25) is 0 Å². The second kappa shape index (κ2) is 7.66. The molecule has 21 heavy (non-hydrogen) atoms. The van der Waals surface area contributed by atoms with Gasteiger partial charge in [-0.05, 0) is 12.1 Å². The van der Waals surface area contributed by atoms with Crippen molar-refractivity contribution >= 4 is 17.3 Å². The van der Waals surface area contributed by atoms with Gasteiger partial charge in [-0.15, -0.1) is 29.4 Å². The molecule has 0 amide bonds. The summed E-state index contributed by atoms with van der Waals surface area (Å²) in [4.78, 5) is 0. The molecule has 1 heterocycles. The van der Waals surface area contributed by atoms with Crippen molar-refractivity contribution in [1.29, 1.82) is 0 Å². The van der Waals surface area contributed by atoms with Crippen LogP contribution in [0.3, 0.4) is 0 Å². The van der Waals surface area contributed by atoms with Gasteiger partial charge in [0.1, 0.15) is 5.75 Å². The molecule has 1 aliphatic rings. The Hall–Kier alpha value is -0.516. The molecule has 1 N–H and O–H groups in total. The molecule has 0 saturated carbocycles. The fraction of sp³-hybridized carbons (Fsp3) is 0.286. The molecule has 111 valence electrons. The molecule has 0 bridgehead atoms. The molecule has 0 spiro atoms. The van der Waals surface area contributed by atoms with Crippen LogP contribution in [0.5, 0.6) is 5.75 Å². The van der Waals surface area contributed by atoms with E-state index in [0.29, 0.717) is 17.8 Å². The van der Waals surface area contributed by atoms with Crippen LogP contribution in [-0.4, -0.2) is 18.2 Å². The minimum atomic E-state index is -4.34. The largest absolute Gasteiger partial charge is 0.484 e. The Morgan fingerprint density at radius 2 is 1.95 bits per heavy atom. The van der Waals surface area contributed by atoms with E-state index in [2.05, 4.69) is 22.7 Å². The van der Waals surface area contributed by atoms with E-state index in [1.165, 1.54) is 12.1 Å². The zero-order valence-electron chi connectivity index (χ0n) is 11.0. The molecule has 7 heteroatoms. The zero-order chi connectivity index (χ0) is 14.8. The van der Waals surface area contributed by atoms with Gasteiger partial charge in [-0.1, -0.05) is 13.0 Å². The third-order valence-electron chi connectivity index (χ3n) is 2.67. The smallest absolute Gasteiger partial charge is 0.422 e. The van der Waals surface area contributed by atoms with Gasteiger partial charge in [0.25, 0.3) is 0 Å². The van der Waals surface area contributed by atoms with Crippen LogP contribution in [-0.2, 0) is 32.7 Å². The summed E-state index contributed by atoms with van der Waals surface area (Å²) in [5, 5.41) is 2.82. The summed E-state index contributed by atoms with van der Waals surface area (Å²) in [7, 11) is 0. The maximum absolute atomic E-state index is 12.0. The number of nitrogens with one attached hydrogen (secondary N) is 1. The first kappa shape index (κ1) is 18.5. The number of ether oxygens (including phenoxy) is 1. The number of hydrogen-bond donors (Lipinski definition) is 1. The Balaban J connectivity index is 0.00000220. The predicted molar refractivity (Wildman–Crippen MR) is 71.2 cm³/mol. The minimum absolute atomic E-state index is 0. The van der Waals surface area contributed by atoms with Gasteiger partial charge in [-0.3, -0.25) is 0 Å². The average Bonchev–Trinajstić information content (AvgIpc) is 2.39. The standard InChI is InChI=1S/C14H12ClF3NO.Y/c1-9-12(15)6-7-13(19-9)10-2-4-11(5-3-10)20-8-14(16,17)18;/h2-5,12,19H,1,6,8H2;/q-1;. The number of halogens is 4. The van der Waals surface area contributed by atoms with Crippen LogP contribution in [0.2, 0.25) is 0 Å². The van der Waals surface area contributed by atoms with E-state index in [9.17, 15) is 13.2 Å². The van der Waals surface area contributed by atoms with Crippen LogP contribution in [0.15, 0.2) is 36.5 Å². The van der Waals surface area contributed by atoms with Crippen LogP contribution in [0, 0.1) is 6.08 Å². The Labute approximate surface area is 151 Å². The van der Waals surface area contributed by atoms with E-state index in [1.807, 2.05) is 0 Å². The van der Waals surface area contributed by atoms with Gasteiger partial charge < -0.3 is 10.1 Å². The summed E-state index contributed by atoms with van der Waals surface area (Å²) >= 11 is 5.96. The van der Waals surface area contributed by atoms with Gasteiger partial charge in [-0.25, -0.2) is 6.08 Å². The van der Waals surface area contributed by atoms with Gasteiger partial charge >= 0.3 is 6.18 Å². The molecule has 1 aliphatic heterocycles. The normalized spacial score (nSPS) is 18.4. The van der Waals surface area contributed by atoms with Crippen LogP contribution in [0.1, 0.15) is 12.0 Å². The van der Waals surface area contributed by atoms with Crippen molar-refractivity contribution in [2.75, 3.05) is 6.61 Å². The molecule has 0 aliphatic carbocycles. The molecule has 1 unspecified atom stereocenters. The molecule has 0 saturated heterocycles. The van der Waals surface area contributed by atoms with E-state index < -0.39 is 12.8 Å². The molecule has 1 atom stereocenters. The van der Waals surface area contributed by atoms with Crippen LogP contribution in [0.4, 0.5) is 13.2 Å². The third kappa shape index (κ3) is 5.64. The molecular weight excluding hydrogens is 380 g/mol. The van der Waals surface area contributed by atoms with E-state index in [-0.39, 0.29) is 43.8 Å². The van der Waals surface area contributed by atoms with Gasteiger partial charge in [0.15, 0.2) is 6.61 Å². The SMILES string of the molecule is C=C1NC(c2ccc(OCC(F)(F)F)cc2)=[C-]CC1Cl.[Y]. The first-order valence-electron chi connectivity index (χ1n) is 5.86. The summed E-state index contributed by atoms with van der Waals surface area (Å²) in [6.07, 6.45) is -0.720. The number of allylic oxidation sites excluding steroid dienone is 2. The van der Waals surface area contributed by atoms with Crippen molar-refractivity contribution < 1.29 is 50.6 Å². The second-order valence-corrected chi connectivity index (χ2v) is 4.83. The van der Waals surface area contributed by atoms with Crippen molar-refractivity contribution in [3.8, 4) is 5.75 Å². The van der Waals surface area contributed by atoms with E-state index in [1.54, 1.807) is 12.1 Å². The van der Waals surface area contributed by atoms with E-state index in [4.69, 9.17) is 11.6 Å². The van der Waals surface area contributed by atoms with Gasteiger partial charge in [-0.2, -0.15) is 18.7 Å². The number of benzene rings is 1. The number of alkyl halides is 4. The van der Waals surface area contributed by atoms with Crippen molar-refractivity contribution in [2.24, 2.45) is 0 Å². The van der Waals surface area contributed by atoms with Crippen LogP contribution in [0.25, 0.3) is 5.70 Å². The van der Waals surface area contributed by atoms with Gasteiger partial charge in [0.05, 0.1) is 5.38 Å². The minimum Gasteiger partial charge on any atom is -0.484 e. The molecule has 1 aromatic rings. The Morgan fingerprint density at radius 1 is 1.33 bits per heavy atom. The van der Waals surface area contributed by atoms with Crippen molar-refractivity contribution in [1.82, 2.24) is 5.32 Å². The average molecular weight is 392 g/mol. The van der Waals surface area contributed by atoms with E-state index >= 15 is 0 Å². The zero-order valence-corrected chi connectivity index (χ0v) is 14.6. The molecule has 0 aromatic heterocycles. The molecule has 1 radical (unpaired) electrons. The molecule has 0 fully saturated rings. The van der Waals surface area contributed by atoms with Crippen molar-refractivity contribution in [3.63, 3.8) is 0 Å². The second-order valence-electron chi connectivity index (χ2n) is 4.30. The summed E-state index contributed by atoms with van der Waals surface area (Å²) in [5.74, 6) is 0.163. The van der Waals surface area contributed by atoms with E-state index in [0.717, 1.165) is 5.56 Å². The van der Waals surface area contributed by atoms with Gasteiger partial charge in [0, 0.05) is 38.4 Å². The van der Waals surface area contributed by atoms with Crippen molar-refractivity contribution in [2.45, 2.75) is 18.0 Å². The maximum atomic E-state index is 12.0. The van der Waals surface area contributed by atoms with Crippen LogP contribution < -0.4 is 10.1 Å². The fourth-order valence-electron chi connectivity index (χ4n) is 1.66. The summed E-state index contributed by atoms with van der Waals surface area (Å²) in [6, 6.07) is 6.27. The molecule has 2 rings (SSSR count). The third-order valence-corrected chi connectivity index (χ3v) is 3.08. The molecule has 2 nitrogen and oxygen atoms in total. The summed E-state index contributed by atoms with van der Waals surface area (Å²) in [5.41, 5.74) is 2.18. The summed E-state index contributed by atoms with van der Waals surface area (Å²) in [6.45, 7) is 2.49. The Morgan fingerprint density at radius 3 is 2.48 bits per heavy atom. The topological polar surface area (TPSA) is 21.3 Å². The molecular formula is C14H12ClF3NOY-. The number of hydrogen-bond acceptors (Lipinski definition) is 2. The maximum Gasteiger partial charge on any atom is 0.422 e. The summed E-state index contributed by atoms with van der Waals surface area (Å²) < 4.78 is 40.7.